The summed E-state index contributed by atoms with van der Waals surface area (Å²) in [5, 5.41) is 0. The maximum absolute atomic E-state index is 12.5. The lowest BCUT2D eigenvalue weighted by Gasteiger charge is -2.20. The molecule has 0 spiro atoms. The molecule has 0 saturated heterocycles. The van der Waals surface area contributed by atoms with Crippen molar-refractivity contribution in [1.29, 1.82) is 0 Å². The second kappa shape index (κ2) is 8.57. The number of nitrogens with zero attached hydrogens (tertiary/aromatic N) is 3. The number of carbonyl (C=O) groups excluding carboxylic acids is 1. The number of esters is 1. The van der Waals surface area contributed by atoms with Crippen LogP contribution < -0.4 is 5.56 Å². The number of rotatable bonds is 5. The van der Waals surface area contributed by atoms with Crippen molar-refractivity contribution in [2.45, 2.75) is 39.5 Å². The highest BCUT2D eigenvalue weighted by molar-refractivity contribution is 5.87. The Morgan fingerprint density at radius 3 is 2.87 bits per heavy atom. The van der Waals surface area contributed by atoms with Crippen LogP contribution in [-0.4, -0.2) is 32.5 Å². The van der Waals surface area contributed by atoms with E-state index in [1.807, 2.05) is 12.1 Å². The molecule has 3 aromatic rings. The average Bonchev–Trinajstić information content (AvgIpc) is 2.75. The van der Waals surface area contributed by atoms with E-state index in [4.69, 9.17) is 4.74 Å². The van der Waals surface area contributed by atoms with Crippen molar-refractivity contribution in [2.24, 2.45) is 5.92 Å². The molecular formula is C23H24N4O3. The Kier molecular flexibility index (Phi) is 5.70. The number of fused-ring (bicyclic) bond motifs is 1. The summed E-state index contributed by atoms with van der Waals surface area (Å²) in [5.74, 6) is 0.603. The number of H-pyrrole nitrogens is 1. The van der Waals surface area contributed by atoms with Crippen molar-refractivity contribution in [3.8, 4) is 11.5 Å². The molecule has 0 radical (unpaired) electrons. The molecule has 0 bridgehead atoms. The quantitative estimate of drug-likeness (QED) is 0.657. The fraction of sp³-hybridized carbons (Fsp3) is 0.348. The molecule has 1 aliphatic rings. The van der Waals surface area contributed by atoms with Crippen LogP contribution in [0.4, 0.5) is 0 Å². The maximum Gasteiger partial charge on any atom is 0.356 e. The monoisotopic (exact) mass is 404 g/mol. The number of carbonyl (C=O) groups is 1. The van der Waals surface area contributed by atoms with Gasteiger partial charge in [0.2, 0.25) is 0 Å². The Hall–Kier alpha value is -3.35. The topological polar surface area (TPSA) is 97.8 Å². The highest BCUT2D eigenvalue weighted by Gasteiger charge is 2.19. The van der Waals surface area contributed by atoms with Gasteiger partial charge in [-0.15, -0.1) is 0 Å². The molecule has 7 heteroatoms. The molecular weight excluding hydrogens is 380 g/mol. The van der Waals surface area contributed by atoms with Gasteiger partial charge < -0.3 is 9.72 Å². The largest absolute Gasteiger partial charge is 0.461 e. The summed E-state index contributed by atoms with van der Waals surface area (Å²) in [6, 6.07) is 9.12. The number of hydrogen-bond acceptors (Lipinski definition) is 6. The minimum atomic E-state index is -0.469. The third-order valence-electron chi connectivity index (χ3n) is 5.43. The van der Waals surface area contributed by atoms with E-state index in [1.165, 1.54) is 5.56 Å². The molecule has 154 valence electrons. The Bertz CT molecular complexity index is 1130. The molecule has 0 aliphatic heterocycles. The lowest BCUT2D eigenvalue weighted by atomic mass is 9.88. The number of pyridine rings is 2. The van der Waals surface area contributed by atoms with Gasteiger partial charge in [-0.25, -0.2) is 14.8 Å². The highest BCUT2D eigenvalue weighted by Crippen LogP contribution is 2.24. The third kappa shape index (κ3) is 4.30. The predicted octanol–water partition coefficient (Wildman–Crippen LogP) is 3.06. The maximum atomic E-state index is 12.5. The Labute approximate surface area is 174 Å². The number of aryl methyl sites for hydroxylation is 2. The molecule has 1 N–H and O–H groups in total. The SMILES string of the molecule is Cc1nc(-c2ccccn2)[nH]c(=O)c1CCOC(=O)c1ccc2c(n1)CCC(C)C2. The van der Waals surface area contributed by atoms with E-state index in [0.29, 0.717) is 34.4 Å². The molecule has 30 heavy (non-hydrogen) atoms. The smallest absolute Gasteiger partial charge is 0.356 e. The van der Waals surface area contributed by atoms with Gasteiger partial charge in [0.1, 0.15) is 11.4 Å². The van der Waals surface area contributed by atoms with Gasteiger partial charge in [0.05, 0.1) is 6.61 Å². The normalized spacial score (nSPS) is 15.5. The first-order chi connectivity index (χ1) is 14.5. The van der Waals surface area contributed by atoms with Gasteiger partial charge in [0, 0.05) is 29.6 Å². The van der Waals surface area contributed by atoms with E-state index in [-0.39, 0.29) is 18.6 Å². The van der Waals surface area contributed by atoms with E-state index in [2.05, 4.69) is 26.9 Å². The summed E-state index contributed by atoms with van der Waals surface area (Å²) < 4.78 is 5.37. The van der Waals surface area contributed by atoms with Crippen LogP contribution in [0.1, 0.15) is 46.3 Å². The molecule has 7 nitrogen and oxygen atoms in total. The third-order valence-corrected chi connectivity index (χ3v) is 5.43. The molecule has 0 saturated carbocycles. The van der Waals surface area contributed by atoms with Gasteiger partial charge in [-0.1, -0.05) is 19.1 Å². The first-order valence-corrected chi connectivity index (χ1v) is 10.2. The van der Waals surface area contributed by atoms with Crippen molar-refractivity contribution >= 4 is 5.97 Å². The van der Waals surface area contributed by atoms with Crippen LogP contribution in [0, 0.1) is 12.8 Å². The van der Waals surface area contributed by atoms with Gasteiger partial charge >= 0.3 is 5.97 Å². The zero-order valence-electron chi connectivity index (χ0n) is 17.1. The summed E-state index contributed by atoms with van der Waals surface area (Å²) in [7, 11) is 0. The van der Waals surface area contributed by atoms with Gasteiger partial charge in [0.25, 0.3) is 5.56 Å². The van der Waals surface area contributed by atoms with Crippen LogP contribution in [0.2, 0.25) is 0 Å². The minimum Gasteiger partial charge on any atom is -0.461 e. The van der Waals surface area contributed by atoms with Crippen LogP contribution in [-0.2, 0) is 24.0 Å². The van der Waals surface area contributed by atoms with Crippen molar-refractivity contribution in [2.75, 3.05) is 6.61 Å². The summed E-state index contributed by atoms with van der Waals surface area (Å²) in [6.45, 7) is 4.08. The van der Waals surface area contributed by atoms with Crippen LogP contribution in [0.5, 0.6) is 0 Å². The lowest BCUT2D eigenvalue weighted by molar-refractivity contribution is 0.0501. The molecule has 0 aromatic carbocycles. The van der Waals surface area contributed by atoms with Crippen LogP contribution in [0.25, 0.3) is 11.5 Å². The zero-order valence-corrected chi connectivity index (χ0v) is 17.1. The van der Waals surface area contributed by atoms with Crippen LogP contribution in [0.15, 0.2) is 41.3 Å². The zero-order chi connectivity index (χ0) is 21.1. The first kappa shape index (κ1) is 19.9. The number of hydrogen-bond donors (Lipinski definition) is 1. The minimum absolute atomic E-state index is 0.0865. The molecule has 1 aliphatic carbocycles. The molecule has 4 rings (SSSR count). The van der Waals surface area contributed by atoms with Crippen molar-refractivity contribution in [3.63, 3.8) is 0 Å². The molecule has 0 amide bonds. The van der Waals surface area contributed by atoms with E-state index >= 15 is 0 Å². The highest BCUT2D eigenvalue weighted by atomic mass is 16.5. The second-order valence-electron chi connectivity index (χ2n) is 7.73. The van der Waals surface area contributed by atoms with Gasteiger partial charge in [-0.2, -0.15) is 0 Å². The second-order valence-corrected chi connectivity index (χ2v) is 7.73. The molecule has 1 unspecified atom stereocenters. The molecule has 3 heterocycles. The van der Waals surface area contributed by atoms with Gasteiger partial charge in [-0.3, -0.25) is 9.78 Å². The van der Waals surface area contributed by atoms with Crippen LogP contribution >= 0.6 is 0 Å². The predicted molar refractivity (Wildman–Crippen MR) is 112 cm³/mol. The van der Waals surface area contributed by atoms with Crippen molar-refractivity contribution < 1.29 is 9.53 Å². The van der Waals surface area contributed by atoms with Crippen LogP contribution in [0.3, 0.4) is 0 Å². The summed E-state index contributed by atoms with van der Waals surface area (Å²) in [4.78, 5) is 40.8. The van der Waals surface area contributed by atoms with E-state index in [9.17, 15) is 9.59 Å². The standard InChI is InChI=1S/C23H24N4O3/c1-14-6-8-18-16(13-14)7-9-20(26-18)23(29)30-12-10-17-15(2)25-21(27-22(17)28)19-5-3-4-11-24-19/h3-5,7,9,11,14H,6,8,10,12-13H2,1-2H3,(H,25,27,28). The molecule has 0 fully saturated rings. The molecule has 1 atom stereocenters. The molecule has 3 aromatic heterocycles. The van der Waals surface area contributed by atoms with Crippen molar-refractivity contribution in [3.05, 3.63) is 75.1 Å². The summed E-state index contributed by atoms with van der Waals surface area (Å²) >= 11 is 0. The summed E-state index contributed by atoms with van der Waals surface area (Å²) in [5.41, 5.74) is 3.96. The Morgan fingerprint density at radius 1 is 1.23 bits per heavy atom. The fourth-order valence-corrected chi connectivity index (χ4v) is 3.76. The number of aromatic nitrogens is 4. The van der Waals surface area contributed by atoms with Gasteiger partial charge in [-0.05, 0) is 55.9 Å². The number of nitrogens with one attached hydrogen (secondary N) is 1. The van der Waals surface area contributed by atoms with E-state index < -0.39 is 5.97 Å². The van der Waals surface area contributed by atoms with E-state index in [1.54, 1.807) is 31.3 Å². The van der Waals surface area contributed by atoms with Gasteiger partial charge in [0.15, 0.2) is 5.82 Å². The fourth-order valence-electron chi connectivity index (χ4n) is 3.76. The first-order valence-electron chi connectivity index (χ1n) is 10.2. The van der Waals surface area contributed by atoms with E-state index in [0.717, 1.165) is 25.0 Å². The number of aromatic amines is 1. The lowest BCUT2D eigenvalue weighted by Crippen LogP contribution is -2.21. The Balaban J connectivity index is 1.41. The summed E-state index contributed by atoms with van der Waals surface area (Å²) in [6.07, 6.45) is 4.90. The number of ether oxygens (including phenoxy) is 1. The Morgan fingerprint density at radius 2 is 2.10 bits per heavy atom. The van der Waals surface area contributed by atoms with Crippen molar-refractivity contribution in [1.82, 2.24) is 19.9 Å². The average molecular weight is 404 g/mol.